The highest BCUT2D eigenvalue weighted by atomic mass is 35.5. The summed E-state index contributed by atoms with van der Waals surface area (Å²) < 4.78 is 1.91. The van der Waals surface area contributed by atoms with Crippen LogP contribution in [-0.4, -0.2) is 15.9 Å². The largest absolute Gasteiger partial charge is 0.399 e. The lowest BCUT2D eigenvalue weighted by Crippen LogP contribution is -2.06. The Kier molecular flexibility index (Phi) is 2.31. The number of anilines is 1. The van der Waals surface area contributed by atoms with Crippen LogP contribution in [0.5, 0.6) is 0 Å². The van der Waals surface area contributed by atoms with Gasteiger partial charge in [0.25, 0.3) is 0 Å². The summed E-state index contributed by atoms with van der Waals surface area (Å²) in [5, 5.41) is 0.473. The highest BCUT2D eigenvalue weighted by molar-refractivity contribution is 6.32. The number of halogens is 1. The zero-order chi connectivity index (χ0) is 10.1. The molecule has 0 aromatic carbocycles. The van der Waals surface area contributed by atoms with E-state index in [9.17, 15) is 0 Å². The van der Waals surface area contributed by atoms with E-state index in [1.165, 1.54) is 0 Å². The molecule has 4 nitrogen and oxygen atoms in total. The molecule has 74 valence electrons. The first-order valence-electron chi connectivity index (χ1n) is 4.34. The molecule has 0 aliphatic carbocycles. The minimum atomic E-state index is 0.473. The van der Waals surface area contributed by atoms with E-state index in [1.807, 2.05) is 16.7 Å². The summed E-state index contributed by atoms with van der Waals surface area (Å²) in [5.41, 5.74) is 12.6. The summed E-state index contributed by atoms with van der Waals surface area (Å²) in [6.07, 6.45) is 2.56. The van der Waals surface area contributed by atoms with Crippen molar-refractivity contribution < 1.29 is 0 Å². The third-order valence-corrected chi connectivity index (χ3v) is 2.34. The maximum absolute atomic E-state index is 5.96. The van der Waals surface area contributed by atoms with Crippen molar-refractivity contribution in [3.63, 3.8) is 0 Å². The quantitative estimate of drug-likeness (QED) is 0.779. The molecule has 0 saturated heterocycles. The van der Waals surface area contributed by atoms with Crippen LogP contribution in [0.25, 0.3) is 5.52 Å². The van der Waals surface area contributed by atoms with E-state index in [4.69, 9.17) is 23.1 Å². The average molecular weight is 211 g/mol. The van der Waals surface area contributed by atoms with Crippen molar-refractivity contribution in [1.29, 1.82) is 0 Å². The van der Waals surface area contributed by atoms with Crippen LogP contribution in [0.1, 0.15) is 5.82 Å². The van der Waals surface area contributed by atoms with E-state index in [2.05, 4.69) is 4.98 Å². The smallest absolute Gasteiger partial charge is 0.155 e. The van der Waals surface area contributed by atoms with E-state index in [0.717, 1.165) is 11.3 Å². The van der Waals surface area contributed by atoms with Gasteiger partial charge in [0, 0.05) is 18.3 Å². The predicted molar refractivity (Wildman–Crippen MR) is 57.4 cm³/mol. The summed E-state index contributed by atoms with van der Waals surface area (Å²) in [7, 11) is 0. The molecular formula is C9H11ClN4. The molecule has 0 unspecified atom stereocenters. The van der Waals surface area contributed by atoms with Gasteiger partial charge in [-0.15, -0.1) is 0 Å². The Morgan fingerprint density at radius 1 is 1.50 bits per heavy atom. The first kappa shape index (κ1) is 9.30. The molecule has 2 aromatic heterocycles. The van der Waals surface area contributed by atoms with Crippen LogP contribution < -0.4 is 11.5 Å². The monoisotopic (exact) mass is 210 g/mol. The van der Waals surface area contributed by atoms with Gasteiger partial charge in [0.15, 0.2) is 5.15 Å². The molecule has 0 aliphatic rings. The van der Waals surface area contributed by atoms with Crippen molar-refractivity contribution in [2.45, 2.75) is 6.42 Å². The van der Waals surface area contributed by atoms with Crippen LogP contribution in [-0.2, 0) is 6.42 Å². The molecule has 0 fully saturated rings. The zero-order valence-corrected chi connectivity index (χ0v) is 8.33. The third kappa shape index (κ3) is 1.42. The van der Waals surface area contributed by atoms with E-state index < -0.39 is 0 Å². The molecule has 0 bridgehead atoms. The van der Waals surface area contributed by atoms with Crippen molar-refractivity contribution in [2.24, 2.45) is 5.73 Å². The fraction of sp³-hybridized carbons (Fsp3) is 0.222. The van der Waals surface area contributed by atoms with E-state index in [0.29, 0.717) is 23.8 Å². The maximum Gasteiger partial charge on any atom is 0.155 e. The lowest BCUT2D eigenvalue weighted by molar-refractivity contribution is 0.863. The number of fused-ring (bicyclic) bond motifs is 1. The van der Waals surface area contributed by atoms with Crippen molar-refractivity contribution in [3.8, 4) is 0 Å². The molecule has 4 N–H and O–H groups in total. The standard InChI is InChI=1S/C9H11ClN4/c10-9-7-5-6(12)2-4-14(7)8(13-9)1-3-11/h2,4-5H,1,3,11-12H2. The van der Waals surface area contributed by atoms with Gasteiger partial charge in [0.1, 0.15) is 5.82 Å². The van der Waals surface area contributed by atoms with E-state index >= 15 is 0 Å². The van der Waals surface area contributed by atoms with Crippen LogP contribution >= 0.6 is 11.6 Å². The summed E-state index contributed by atoms with van der Waals surface area (Å²) in [5.74, 6) is 0.868. The van der Waals surface area contributed by atoms with Crippen molar-refractivity contribution in [3.05, 3.63) is 29.3 Å². The Morgan fingerprint density at radius 3 is 3.00 bits per heavy atom. The summed E-state index contributed by atoms with van der Waals surface area (Å²) >= 11 is 5.96. The van der Waals surface area contributed by atoms with Gasteiger partial charge in [-0.2, -0.15) is 0 Å². The second-order valence-electron chi connectivity index (χ2n) is 3.07. The van der Waals surface area contributed by atoms with Crippen LogP contribution in [0.2, 0.25) is 5.15 Å². The van der Waals surface area contributed by atoms with Gasteiger partial charge < -0.3 is 15.9 Å². The van der Waals surface area contributed by atoms with Gasteiger partial charge in [-0.3, -0.25) is 0 Å². The van der Waals surface area contributed by atoms with Crippen molar-refractivity contribution in [2.75, 3.05) is 12.3 Å². The summed E-state index contributed by atoms with van der Waals surface area (Å²) in [6.45, 7) is 0.555. The molecule has 0 aliphatic heterocycles. The average Bonchev–Trinajstić information content (AvgIpc) is 2.44. The van der Waals surface area contributed by atoms with Gasteiger partial charge in [-0.1, -0.05) is 11.6 Å². The Hall–Kier alpha value is -1.26. The molecule has 0 amide bonds. The number of aromatic nitrogens is 2. The number of imidazole rings is 1. The molecule has 14 heavy (non-hydrogen) atoms. The highest BCUT2D eigenvalue weighted by Crippen LogP contribution is 2.20. The molecule has 0 radical (unpaired) electrons. The van der Waals surface area contributed by atoms with Crippen molar-refractivity contribution >= 4 is 22.8 Å². The number of pyridine rings is 1. The topological polar surface area (TPSA) is 69.3 Å². The zero-order valence-electron chi connectivity index (χ0n) is 7.57. The Morgan fingerprint density at radius 2 is 2.29 bits per heavy atom. The fourth-order valence-electron chi connectivity index (χ4n) is 1.43. The van der Waals surface area contributed by atoms with E-state index in [1.54, 1.807) is 6.07 Å². The van der Waals surface area contributed by atoms with Gasteiger partial charge in [0.2, 0.25) is 0 Å². The Balaban J connectivity index is 2.65. The van der Waals surface area contributed by atoms with Crippen LogP contribution in [0.15, 0.2) is 18.3 Å². The Labute approximate surface area is 86.5 Å². The Bertz CT molecular complexity index is 463. The molecule has 5 heteroatoms. The molecule has 0 atom stereocenters. The second kappa shape index (κ2) is 3.48. The van der Waals surface area contributed by atoms with Crippen LogP contribution in [0.4, 0.5) is 5.69 Å². The maximum atomic E-state index is 5.96. The molecule has 2 aromatic rings. The summed E-state index contributed by atoms with van der Waals surface area (Å²) in [6, 6.07) is 3.61. The summed E-state index contributed by atoms with van der Waals surface area (Å²) in [4.78, 5) is 4.21. The SMILES string of the molecule is NCCc1nc(Cl)c2cc(N)ccn12. The van der Waals surface area contributed by atoms with Crippen LogP contribution in [0.3, 0.4) is 0 Å². The molecule has 2 rings (SSSR count). The van der Waals surface area contributed by atoms with Gasteiger partial charge in [-0.05, 0) is 18.7 Å². The molecule has 0 spiro atoms. The minimum absolute atomic E-state index is 0.473. The normalized spacial score (nSPS) is 11.0. The minimum Gasteiger partial charge on any atom is -0.399 e. The molecule has 2 heterocycles. The third-order valence-electron chi connectivity index (χ3n) is 2.06. The van der Waals surface area contributed by atoms with Gasteiger partial charge >= 0.3 is 0 Å². The van der Waals surface area contributed by atoms with Gasteiger partial charge in [-0.25, -0.2) is 4.98 Å². The number of rotatable bonds is 2. The number of hydrogen-bond donors (Lipinski definition) is 2. The van der Waals surface area contributed by atoms with Gasteiger partial charge in [0.05, 0.1) is 5.52 Å². The van der Waals surface area contributed by atoms with E-state index in [-0.39, 0.29) is 0 Å². The lowest BCUT2D eigenvalue weighted by Gasteiger charge is -1.99. The molecule has 0 saturated carbocycles. The van der Waals surface area contributed by atoms with Crippen molar-refractivity contribution in [1.82, 2.24) is 9.38 Å². The molecular weight excluding hydrogens is 200 g/mol. The second-order valence-corrected chi connectivity index (χ2v) is 3.43. The first-order chi connectivity index (χ1) is 6.72. The number of nitrogen functional groups attached to an aromatic ring is 1. The number of nitrogens with zero attached hydrogens (tertiary/aromatic N) is 2. The lowest BCUT2D eigenvalue weighted by atomic mass is 10.3. The number of nitrogens with two attached hydrogens (primary N) is 2. The number of hydrogen-bond acceptors (Lipinski definition) is 3. The van der Waals surface area contributed by atoms with Crippen LogP contribution in [0, 0.1) is 0 Å². The highest BCUT2D eigenvalue weighted by Gasteiger charge is 2.08. The fourth-order valence-corrected chi connectivity index (χ4v) is 1.67. The predicted octanol–water partition coefficient (Wildman–Crippen LogP) is 1.07. The first-order valence-corrected chi connectivity index (χ1v) is 4.72.